The molecule has 0 amide bonds. The third-order valence-electron chi connectivity index (χ3n) is 7.49. The van der Waals surface area contributed by atoms with Gasteiger partial charge in [0.05, 0.1) is 0 Å². The van der Waals surface area contributed by atoms with Crippen molar-refractivity contribution in [1.29, 1.82) is 0 Å². The van der Waals surface area contributed by atoms with E-state index in [2.05, 4.69) is 81.0 Å². The number of hydrogen-bond donors (Lipinski definition) is 0. The number of rotatable bonds is 2. The maximum absolute atomic E-state index is 4.97. The quantitative estimate of drug-likeness (QED) is 0.246. The molecule has 1 aliphatic heterocycles. The van der Waals surface area contributed by atoms with Crippen molar-refractivity contribution in [2.45, 2.75) is 87.3 Å². The van der Waals surface area contributed by atoms with Gasteiger partial charge in [-0.15, -0.1) is 23.1 Å². The number of halogens is 3. The molecule has 6 heteroatoms. The predicted molar refractivity (Wildman–Crippen MR) is 154 cm³/mol. The molecule has 0 nitrogen and oxygen atoms in total. The molecule has 33 heavy (non-hydrogen) atoms. The first-order valence-electron chi connectivity index (χ1n) is 11.7. The monoisotopic (exact) mass is 584 g/mol. The van der Waals surface area contributed by atoms with Crippen LogP contribution in [0.25, 0.3) is 5.57 Å². The Kier molecular flexibility index (Phi) is 13.2. The van der Waals surface area contributed by atoms with Gasteiger partial charge in [-0.25, -0.2) is 0 Å². The van der Waals surface area contributed by atoms with Gasteiger partial charge in [0.15, 0.2) is 0 Å². The first kappa shape index (κ1) is 32.1. The summed E-state index contributed by atoms with van der Waals surface area (Å²) in [7, 11) is 14.9. The van der Waals surface area contributed by atoms with Crippen molar-refractivity contribution in [2.24, 2.45) is 29.6 Å². The van der Waals surface area contributed by atoms with Gasteiger partial charge in [-0.05, 0) is 98.7 Å². The molecule has 0 N–H and O–H groups in total. The molecule has 0 spiro atoms. The average Bonchev–Trinajstić information content (AvgIpc) is 3.31. The van der Waals surface area contributed by atoms with Crippen molar-refractivity contribution in [3.8, 4) is 0 Å². The fraction of sp³-hybridized carbons (Fsp3) is 0.667. The molecule has 0 bridgehead atoms. The molecule has 188 valence electrons. The average molecular weight is 586 g/mol. The van der Waals surface area contributed by atoms with Crippen LogP contribution in [0.3, 0.4) is 0 Å². The minimum atomic E-state index is -1.92. The molecule has 4 rings (SSSR count). The molecule has 3 aliphatic rings. The number of aryl methyl sites for hydroxylation is 1. The molecule has 2 aliphatic carbocycles. The van der Waals surface area contributed by atoms with Gasteiger partial charge >= 0.3 is 42.6 Å². The van der Waals surface area contributed by atoms with E-state index in [1.807, 2.05) is 11.3 Å². The zero-order valence-corrected chi connectivity index (χ0v) is 27.8. The second kappa shape index (κ2) is 13.6. The van der Waals surface area contributed by atoms with Crippen molar-refractivity contribution >= 4 is 56.6 Å². The molecule has 1 aromatic heterocycles. The van der Waals surface area contributed by atoms with Crippen LogP contribution in [-0.4, -0.2) is 5.25 Å². The van der Waals surface area contributed by atoms with Gasteiger partial charge < -0.3 is 7.43 Å². The van der Waals surface area contributed by atoms with Crippen LogP contribution in [0.5, 0.6) is 0 Å². The maximum atomic E-state index is 4.97. The number of fused-ring (bicyclic) bond motifs is 2. The van der Waals surface area contributed by atoms with Crippen molar-refractivity contribution in [1.82, 2.24) is 0 Å². The minimum absolute atomic E-state index is 0. The Balaban J connectivity index is 0.000000278. The number of thioether (sulfide) groups is 1. The Labute approximate surface area is 230 Å². The fourth-order valence-electron chi connectivity index (χ4n) is 5.88. The topological polar surface area (TPSA) is 0 Å². The predicted octanol–water partition coefficient (Wildman–Crippen LogP) is 11.2. The first-order valence-corrected chi connectivity index (χ1v) is 19.9. The SMILES string of the molecule is CC1=C(C(C)C)c2sc(C)c(C)c2C1.CC1=C(C)C2CC(C)C(C(C)C)C2S1.[CH3-].[Cl][Ti+]([Cl])[Cl]. The van der Waals surface area contributed by atoms with E-state index in [-0.39, 0.29) is 7.43 Å². The van der Waals surface area contributed by atoms with E-state index < -0.39 is 14.7 Å². The van der Waals surface area contributed by atoms with E-state index >= 15 is 0 Å². The van der Waals surface area contributed by atoms with E-state index in [1.165, 1.54) is 23.3 Å². The second-order valence-corrected chi connectivity index (χ2v) is 20.6. The summed E-state index contributed by atoms with van der Waals surface area (Å²) in [6.45, 7) is 23.3. The molecule has 4 atom stereocenters. The van der Waals surface area contributed by atoms with Gasteiger partial charge in [0.2, 0.25) is 0 Å². The Morgan fingerprint density at radius 2 is 1.52 bits per heavy atom. The molecule has 2 heterocycles. The van der Waals surface area contributed by atoms with Crippen LogP contribution in [0.1, 0.15) is 82.7 Å². The van der Waals surface area contributed by atoms with Gasteiger partial charge in [0, 0.05) is 15.0 Å². The second-order valence-electron chi connectivity index (χ2n) is 10.3. The van der Waals surface area contributed by atoms with Gasteiger partial charge in [0.25, 0.3) is 0 Å². The molecular weight excluding hydrogens is 543 g/mol. The first-order chi connectivity index (χ1) is 14.8. The van der Waals surface area contributed by atoms with Crippen LogP contribution in [0, 0.1) is 50.9 Å². The fourth-order valence-corrected chi connectivity index (χ4v) is 9.29. The van der Waals surface area contributed by atoms with Gasteiger partial charge in [-0.1, -0.05) is 45.8 Å². The summed E-state index contributed by atoms with van der Waals surface area (Å²) < 4.78 is 0. The number of allylic oxidation sites excluding steroid dienone is 4. The van der Waals surface area contributed by atoms with Crippen LogP contribution >= 0.6 is 51.0 Å². The van der Waals surface area contributed by atoms with Crippen molar-refractivity contribution in [2.75, 3.05) is 0 Å². The Morgan fingerprint density at radius 3 is 2.00 bits per heavy atom. The Hall–Kier alpha value is 1.11. The van der Waals surface area contributed by atoms with E-state index in [9.17, 15) is 0 Å². The van der Waals surface area contributed by atoms with Crippen LogP contribution in [-0.2, 0) is 21.1 Å². The number of thiophene rings is 1. The number of hydrogen-bond acceptors (Lipinski definition) is 2. The molecular formula is C27H43Cl3S2Ti. The summed E-state index contributed by atoms with van der Waals surface area (Å²) in [5.74, 6) is 4.31. The molecule has 0 aromatic carbocycles. The van der Waals surface area contributed by atoms with Crippen molar-refractivity contribution in [3.05, 3.63) is 44.4 Å². The third kappa shape index (κ3) is 7.56. The van der Waals surface area contributed by atoms with Crippen LogP contribution < -0.4 is 0 Å². The normalized spacial score (nSPS) is 25.4. The molecule has 0 radical (unpaired) electrons. The van der Waals surface area contributed by atoms with Crippen LogP contribution in [0.4, 0.5) is 0 Å². The van der Waals surface area contributed by atoms with Crippen LogP contribution in [0.2, 0.25) is 0 Å². The zero-order valence-electron chi connectivity index (χ0n) is 22.3. The summed E-state index contributed by atoms with van der Waals surface area (Å²) in [5.41, 5.74) is 8.02. The van der Waals surface area contributed by atoms with E-state index in [0.717, 1.165) is 28.9 Å². The van der Waals surface area contributed by atoms with Crippen LogP contribution in [0.15, 0.2) is 16.1 Å². The summed E-state index contributed by atoms with van der Waals surface area (Å²) in [6, 6.07) is 0. The van der Waals surface area contributed by atoms with Gasteiger partial charge in [0.1, 0.15) is 0 Å². The summed E-state index contributed by atoms with van der Waals surface area (Å²) in [6.07, 6.45) is 2.63. The summed E-state index contributed by atoms with van der Waals surface area (Å²) in [5, 5.41) is 0.907. The molecule has 1 saturated carbocycles. The van der Waals surface area contributed by atoms with E-state index in [0.29, 0.717) is 5.92 Å². The molecule has 1 aromatic rings. The third-order valence-corrected chi connectivity index (χ3v) is 10.4. The molecule has 0 saturated heterocycles. The Bertz CT molecular complexity index is 864. The standard InChI is InChI=1S/C13H22S.C13H18S.CH3.3ClH.Ti/c2*1-7(2)12-8(3)6-11-9(4)10(5)14-13(11)12;;;;;/h7-8,11-13H,6H2,1-5H3;7H,6H2,1-5H3;1H3;3*1H;/q;;-1;;;;+4/p-3. The Morgan fingerprint density at radius 1 is 0.970 bits per heavy atom. The van der Waals surface area contributed by atoms with E-state index in [4.69, 9.17) is 27.9 Å². The molecule has 1 fully saturated rings. The van der Waals surface area contributed by atoms with Crippen molar-refractivity contribution < 1.29 is 14.7 Å². The van der Waals surface area contributed by atoms with Crippen molar-refractivity contribution in [3.63, 3.8) is 0 Å². The summed E-state index contributed by atoms with van der Waals surface area (Å²) >= 11 is 2.23. The van der Waals surface area contributed by atoms with Gasteiger partial charge in [-0.3, -0.25) is 0 Å². The molecule has 4 unspecified atom stereocenters. The summed E-state index contributed by atoms with van der Waals surface area (Å²) in [4.78, 5) is 4.69. The zero-order chi connectivity index (χ0) is 24.5. The van der Waals surface area contributed by atoms with Gasteiger partial charge in [-0.2, -0.15) is 0 Å². The van der Waals surface area contributed by atoms with E-state index in [1.54, 1.807) is 32.1 Å².